The largest absolute Gasteiger partial charge is 0.507 e. The smallest absolute Gasteiger partial charge is 0.342 e. The summed E-state index contributed by atoms with van der Waals surface area (Å²) in [4.78, 5) is 25.4. The molecule has 2 aromatic carbocycles. The van der Waals surface area contributed by atoms with E-state index in [2.05, 4.69) is 15.7 Å². The minimum Gasteiger partial charge on any atom is -0.507 e. The zero-order chi connectivity index (χ0) is 24.9. The molecular formula is C27H31ClN4O3. The van der Waals surface area contributed by atoms with Gasteiger partial charge in [0.25, 0.3) is 0 Å². The SMILES string of the molecule is CC(C)CC(=O)Nc1ccc(O)c(-c2cc(C3CCCC3)n(C(=O)NCc3ccccc3Cl)n2)c1. The van der Waals surface area contributed by atoms with Gasteiger partial charge in [0.2, 0.25) is 5.91 Å². The predicted molar refractivity (Wildman–Crippen MR) is 138 cm³/mol. The number of aromatic hydroxyl groups is 1. The quantitative estimate of drug-likeness (QED) is 0.335. The third-order valence-electron chi connectivity index (χ3n) is 6.24. The van der Waals surface area contributed by atoms with Crippen LogP contribution in [-0.4, -0.2) is 26.8 Å². The standard InChI is InChI=1S/C27H31ClN4O3/c1-17(2)13-26(34)30-20-11-12-25(33)21(14-20)23-15-24(18-7-3-4-8-18)32(31-23)27(35)29-16-19-9-5-6-10-22(19)28/h5-6,9-12,14-15,17-18,33H,3-4,7-8,13,16H2,1-2H3,(H,29,35)(H,30,34). The average molecular weight is 495 g/mol. The molecule has 2 amide bonds. The molecule has 0 atom stereocenters. The second-order valence-corrected chi connectivity index (χ2v) is 9.88. The zero-order valence-electron chi connectivity index (χ0n) is 20.1. The van der Waals surface area contributed by atoms with E-state index in [4.69, 9.17) is 11.6 Å². The fourth-order valence-corrected chi connectivity index (χ4v) is 4.69. The first-order valence-corrected chi connectivity index (χ1v) is 12.4. The Morgan fingerprint density at radius 3 is 2.60 bits per heavy atom. The number of phenolic OH excluding ortho intramolecular Hbond substituents is 1. The minimum absolute atomic E-state index is 0.0333. The first-order chi connectivity index (χ1) is 16.8. The van der Waals surface area contributed by atoms with Crippen LogP contribution in [0.5, 0.6) is 5.75 Å². The minimum atomic E-state index is -0.348. The predicted octanol–water partition coefficient (Wildman–Crippen LogP) is 6.31. The summed E-state index contributed by atoms with van der Waals surface area (Å²) in [6.45, 7) is 4.24. The monoisotopic (exact) mass is 494 g/mol. The highest BCUT2D eigenvalue weighted by atomic mass is 35.5. The van der Waals surface area contributed by atoms with Crippen molar-refractivity contribution in [2.24, 2.45) is 5.92 Å². The molecule has 1 aliphatic rings. The Hall–Kier alpha value is -3.32. The van der Waals surface area contributed by atoms with Gasteiger partial charge in [-0.2, -0.15) is 9.78 Å². The van der Waals surface area contributed by atoms with Gasteiger partial charge in [0, 0.05) is 35.2 Å². The Morgan fingerprint density at radius 2 is 1.89 bits per heavy atom. The summed E-state index contributed by atoms with van der Waals surface area (Å²) in [5.74, 6) is 0.401. The molecule has 1 saturated carbocycles. The zero-order valence-corrected chi connectivity index (χ0v) is 20.8. The fourth-order valence-electron chi connectivity index (χ4n) is 4.49. The van der Waals surface area contributed by atoms with Crippen molar-refractivity contribution in [1.82, 2.24) is 15.1 Å². The maximum atomic E-state index is 13.2. The lowest BCUT2D eigenvalue weighted by Crippen LogP contribution is -2.30. The van der Waals surface area contributed by atoms with E-state index >= 15 is 0 Å². The normalized spacial score (nSPS) is 13.8. The lowest BCUT2D eigenvalue weighted by molar-refractivity contribution is -0.116. The molecule has 7 nitrogen and oxygen atoms in total. The Bertz CT molecular complexity index is 1210. The van der Waals surface area contributed by atoms with Crippen molar-refractivity contribution >= 4 is 29.2 Å². The molecule has 0 radical (unpaired) electrons. The lowest BCUT2D eigenvalue weighted by atomic mass is 10.0. The van der Waals surface area contributed by atoms with Crippen LogP contribution in [0.3, 0.4) is 0 Å². The Balaban J connectivity index is 1.62. The van der Waals surface area contributed by atoms with Crippen LogP contribution in [0.2, 0.25) is 5.02 Å². The summed E-state index contributed by atoms with van der Waals surface area (Å²) in [5, 5.41) is 21.5. The van der Waals surface area contributed by atoms with E-state index in [0.29, 0.717) is 28.4 Å². The fraction of sp³-hybridized carbons (Fsp3) is 0.370. The summed E-state index contributed by atoms with van der Waals surface area (Å²) >= 11 is 6.24. The van der Waals surface area contributed by atoms with E-state index in [1.165, 1.54) is 10.7 Å². The van der Waals surface area contributed by atoms with Crippen LogP contribution in [0.1, 0.15) is 63.1 Å². The molecule has 3 N–H and O–H groups in total. The molecule has 0 spiro atoms. The van der Waals surface area contributed by atoms with Crippen molar-refractivity contribution in [2.75, 3.05) is 5.32 Å². The molecule has 1 fully saturated rings. The highest BCUT2D eigenvalue weighted by Crippen LogP contribution is 2.38. The van der Waals surface area contributed by atoms with Crippen LogP contribution in [-0.2, 0) is 11.3 Å². The number of halogens is 1. The van der Waals surface area contributed by atoms with E-state index in [-0.39, 0.29) is 36.1 Å². The molecule has 1 heterocycles. The average Bonchev–Trinajstić information content (AvgIpc) is 3.49. The number of carbonyl (C=O) groups excluding carboxylic acids is 2. The highest BCUT2D eigenvalue weighted by Gasteiger charge is 2.26. The topological polar surface area (TPSA) is 96.2 Å². The second-order valence-electron chi connectivity index (χ2n) is 9.48. The van der Waals surface area contributed by atoms with Crippen LogP contribution < -0.4 is 10.6 Å². The van der Waals surface area contributed by atoms with E-state index in [0.717, 1.165) is 36.9 Å². The Morgan fingerprint density at radius 1 is 1.14 bits per heavy atom. The summed E-state index contributed by atoms with van der Waals surface area (Å²) in [7, 11) is 0. The van der Waals surface area contributed by atoms with E-state index < -0.39 is 0 Å². The molecule has 35 heavy (non-hydrogen) atoms. The molecule has 3 aromatic rings. The Labute approximate surface area is 210 Å². The first-order valence-electron chi connectivity index (χ1n) is 12.1. The van der Waals surface area contributed by atoms with Gasteiger partial charge in [0.15, 0.2) is 0 Å². The summed E-state index contributed by atoms with van der Waals surface area (Å²) in [6, 6.07) is 13.8. The van der Waals surface area contributed by atoms with Gasteiger partial charge in [-0.25, -0.2) is 4.79 Å². The summed E-state index contributed by atoms with van der Waals surface area (Å²) in [6.07, 6.45) is 4.59. The number of rotatable bonds is 7. The molecule has 4 rings (SSSR count). The van der Waals surface area contributed by atoms with Crippen molar-refractivity contribution in [3.05, 3.63) is 64.8 Å². The molecular weight excluding hydrogens is 464 g/mol. The lowest BCUT2D eigenvalue weighted by Gasteiger charge is -2.12. The van der Waals surface area contributed by atoms with Crippen molar-refractivity contribution in [3.63, 3.8) is 0 Å². The van der Waals surface area contributed by atoms with Gasteiger partial charge in [-0.3, -0.25) is 4.79 Å². The van der Waals surface area contributed by atoms with Crippen molar-refractivity contribution in [3.8, 4) is 17.0 Å². The molecule has 0 bridgehead atoms. The van der Waals surface area contributed by atoms with Gasteiger partial charge in [0.1, 0.15) is 5.75 Å². The number of nitrogens with one attached hydrogen (secondary N) is 2. The third-order valence-corrected chi connectivity index (χ3v) is 6.61. The van der Waals surface area contributed by atoms with Gasteiger partial charge in [-0.1, -0.05) is 56.5 Å². The van der Waals surface area contributed by atoms with Crippen molar-refractivity contribution in [1.29, 1.82) is 0 Å². The van der Waals surface area contributed by atoms with Gasteiger partial charge in [0.05, 0.1) is 11.4 Å². The van der Waals surface area contributed by atoms with Crippen LogP contribution in [0.15, 0.2) is 48.5 Å². The van der Waals surface area contributed by atoms with Crippen molar-refractivity contribution in [2.45, 2.75) is 58.4 Å². The van der Waals surface area contributed by atoms with Gasteiger partial charge in [-0.05, 0) is 54.7 Å². The maximum Gasteiger partial charge on any atom is 0.342 e. The number of aromatic nitrogens is 2. The number of phenols is 1. The molecule has 184 valence electrons. The van der Waals surface area contributed by atoms with Crippen LogP contribution in [0, 0.1) is 5.92 Å². The summed E-state index contributed by atoms with van der Waals surface area (Å²) < 4.78 is 1.41. The number of anilines is 1. The molecule has 0 unspecified atom stereocenters. The highest BCUT2D eigenvalue weighted by molar-refractivity contribution is 6.31. The van der Waals surface area contributed by atoms with E-state index in [9.17, 15) is 14.7 Å². The molecule has 0 aliphatic heterocycles. The maximum absolute atomic E-state index is 13.2. The number of hydrogen-bond donors (Lipinski definition) is 3. The van der Waals surface area contributed by atoms with Crippen LogP contribution >= 0.6 is 11.6 Å². The molecule has 8 heteroatoms. The number of hydrogen-bond acceptors (Lipinski definition) is 4. The van der Waals surface area contributed by atoms with Crippen molar-refractivity contribution < 1.29 is 14.7 Å². The number of carbonyl (C=O) groups is 2. The van der Waals surface area contributed by atoms with Gasteiger partial charge < -0.3 is 15.7 Å². The molecule has 1 aromatic heterocycles. The number of benzene rings is 2. The first kappa shape index (κ1) is 24.8. The molecule has 0 saturated heterocycles. The van der Waals surface area contributed by atoms with Crippen LogP contribution in [0.4, 0.5) is 10.5 Å². The third kappa shape index (κ3) is 6.03. The Kier molecular flexibility index (Phi) is 7.76. The summed E-state index contributed by atoms with van der Waals surface area (Å²) in [5.41, 5.74) is 3.16. The number of nitrogens with zero attached hydrogens (tertiary/aromatic N) is 2. The molecule has 1 aliphatic carbocycles. The van der Waals surface area contributed by atoms with E-state index in [1.54, 1.807) is 18.2 Å². The van der Waals surface area contributed by atoms with E-state index in [1.807, 2.05) is 38.1 Å². The van der Waals surface area contributed by atoms with Crippen LogP contribution in [0.25, 0.3) is 11.3 Å². The second kappa shape index (κ2) is 11.0. The van der Waals surface area contributed by atoms with Gasteiger partial charge in [-0.15, -0.1) is 0 Å². The van der Waals surface area contributed by atoms with Gasteiger partial charge >= 0.3 is 6.03 Å². The number of amides is 2.